The SMILES string of the molecule is C[C@H](NC(=O)OC(C)(C)C)C(=O)N1CCC2(CC1)C[C@H](CCN1CCN(c3ccc(F)cc3)C[C@@H]1C)NC2=O. The number of alkyl carbamates (subject to hydrolysis) is 1. The second kappa shape index (κ2) is 11.7. The van der Waals surface area contributed by atoms with Gasteiger partial charge in [-0.15, -0.1) is 0 Å². The molecule has 1 spiro atoms. The smallest absolute Gasteiger partial charge is 0.408 e. The van der Waals surface area contributed by atoms with E-state index in [1.807, 2.05) is 12.1 Å². The third-order valence-corrected chi connectivity index (χ3v) is 8.31. The van der Waals surface area contributed by atoms with E-state index < -0.39 is 23.2 Å². The second-order valence-electron chi connectivity index (χ2n) is 12.4. The van der Waals surface area contributed by atoms with Gasteiger partial charge in [-0.3, -0.25) is 14.5 Å². The minimum atomic E-state index is -0.690. The third kappa shape index (κ3) is 7.21. The van der Waals surface area contributed by atoms with Crippen molar-refractivity contribution in [1.29, 1.82) is 0 Å². The summed E-state index contributed by atoms with van der Waals surface area (Å²) in [4.78, 5) is 44.5. The molecule has 0 aromatic heterocycles. The van der Waals surface area contributed by atoms with Crippen molar-refractivity contribution in [3.8, 4) is 0 Å². The van der Waals surface area contributed by atoms with Gasteiger partial charge in [0, 0.05) is 57.0 Å². The van der Waals surface area contributed by atoms with Crippen LogP contribution in [0.2, 0.25) is 0 Å². The number of nitrogens with zero attached hydrogens (tertiary/aromatic N) is 3. The molecule has 0 radical (unpaired) electrons. The summed E-state index contributed by atoms with van der Waals surface area (Å²) in [5, 5.41) is 5.86. The number of ether oxygens (including phenoxy) is 1. The molecule has 0 saturated carbocycles. The molecule has 1 aromatic carbocycles. The molecule has 10 heteroatoms. The Balaban J connectivity index is 1.21. The average Bonchev–Trinajstić information content (AvgIpc) is 3.16. The molecule has 3 amide bonds. The lowest BCUT2D eigenvalue weighted by Gasteiger charge is -2.41. The van der Waals surface area contributed by atoms with E-state index in [1.54, 1.807) is 32.6 Å². The highest BCUT2D eigenvalue weighted by molar-refractivity contribution is 5.87. The number of rotatable bonds is 6. The van der Waals surface area contributed by atoms with Gasteiger partial charge in [-0.05, 0) is 84.6 Å². The zero-order valence-corrected chi connectivity index (χ0v) is 24.0. The largest absolute Gasteiger partial charge is 0.444 e. The van der Waals surface area contributed by atoms with Gasteiger partial charge in [0.25, 0.3) is 0 Å². The summed E-state index contributed by atoms with van der Waals surface area (Å²) in [6, 6.07) is 6.49. The molecule has 2 N–H and O–H groups in total. The van der Waals surface area contributed by atoms with Crippen molar-refractivity contribution in [2.45, 2.75) is 84.0 Å². The molecule has 3 fully saturated rings. The fraction of sp³-hybridized carbons (Fsp3) is 0.690. The maximum atomic E-state index is 13.3. The molecule has 3 aliphatic heterocycles. The van der Waals surface area contributed by atoms with Crippen molar-refractivity contribution in [1.82, 2.24) is 20.4 Å². The van der Waals surface area contributed by atoms with E-state index in [4.69, 9.17) is 4.74 Å². The molecule has 4 rings (SSSR count). The van der Waals surface area contributed by atoms with Crippen molar-refractivity contribution >= 4 is 23.6 Å². The second-order valence-corrected chi connectivity index (χ2v) is 12.4. The number of likely N-dealkylation sites (tertiary alicyclic amines) is 1. The van der Waals surface area contributed by atoms with Gasteiger partial charge >= 0.3 is 6.09 Å². The number of piperidine rings is 1. The van der Waals surface area contributed by atoms with E-state index >= 15 is 0 Å². The lowest BCUT2D eigenvalue weighted by molar-refractivity contribution is -0.139. The Morgan fingerprint density at radius 2 is 1.82 bits per heavy atom. The van der Waals surface area contributed by atoms with Gasteiger partial charge < -0.3 is 25.2 Å². The van der Waals surface area contributed by atoms with Crippen molar-refractivity contribution in [2.24, 2.45) is 5.41 Å². The molecule has 216 valence electrons. The van der Waals surface area contributed by atoms with Crippen LogP contribution < -0.4 is 15.5 Å². The average molecular weight is 546 g/mol. The minimum absolute atomic E-state index is 0.105. The zero-order chi connectivity index (χ0) is 28.4. The van der Waals surface area contributed by atoms with E-state index in [1.165, 1.54) is 12.1 Å². The zero-order valence-electron chi connectivity index (χ0n) is 24.0. The van der Waals surface area contributed by atoms with Crippen LogP contribution in [-0.2, 0) is 14.3 Å². The van der Waals surface area contributed by atoms with Crippen LogP contribution in [0.25, 0.3) is 0 Å². The van der Waals surface area contributed by atoms with Gasteiger partial charge in [0.1, 0.15) is 17.5 Å². The Bertz CT molecular complexity index is 1040. The Morgan fingerprint density at radius 1 is 1.15 bits per heavy atom. The summed E-state index contributed by atoms with van der Waals surface area (Å²) in [5.74, 6) is -0.267. The van der Waals surface area contributed by atoms with Gasteiger partial charge in [0.05, 0.1) is 5.41 Å². The lowest BCUT2D eigenvalue weighted by atomic mass is 9.75. The van der Waals surface area contributed by atoms with Crippen molar-refractivity contribution in [2.75, 3.05) is 44.2 Å². The number of benzene rings is 1. The summed E-state index contributed by atoms with van der Waals surface area (Å²) < 4.78 is 18.5. The van der Waals surface area contributed by atoms with Crippen molar-refractivity contribution in [3.63, 3.8) is 0 Å². The van der Waals surface area contributed by atoms with Crippen LogP contribution in [0.5, 0.6) is 0 Å². The van der Waals surface area contributed by atoms with Crippen LogP contribution in [0.3, 0.4) is 0 Å². The highest BCUT2D eigenvalue weighted by Crippen LogP contribution is 2.41. The van der Waals surface area contributed by atoms with Crippen LogP contribution in [0, 0.1) is 11.2 Å². The molecular formula is C29H44FN5O4. The summed E-state index contributed by atoms with van der Waals surface area (Å²) in [6.45, 7) is 13.8. The van der Waals surface area contributed by atoms with E-state index in [0.717, 1.165) is 44.7 Å². The first kappa shape index (κ1) is 29.1. The molecule has 3 atom stereocenters. The number of nitrogens with one attached hydrogen (secondary N) is 2. The van der Waals surface area contributed by atoms with Gasteiger partial charge in [-0.2, -0.15) is 0 Å². The number of halogens is 1. The van der Waals surface area contributed by atoms with E-state index in [9.17, 15) is 18.8 Å². The van der Waals surface area contributed by atoms with Crippen LogP contribution in [0.15, 0.2) is 24.3 Å². The quantitative estimate of drug-likeness (QED) is 0.571. The number of piperazine rings is 1. The minimum Gasteiger partial charge on any atom is -0.444 e. The highest BCUT2D eigenvalue weighted by Gasteiger charge is 2.49. The number of hydrogen-bond donors (Lipinski definition) is 2. The van der Waals surface area contributed by atoms with Crippen LogP contribution in [-0.4, -0.2) is 90.7 Å². The Hall–Kier alpha value is -2.88. The molecule has 9 nitrogen and oxygen atoms in total. The Labute approximate surface area is 231 Å². The fourth-order valence-corrected chi connectivity index (χ4v) is 6.07. The summed E-state index contributed by atoms with van der Waals surface area (Å²) in [5.41, 5.74) is -0.00346. The van der Waals surface area contributed by atoms with Crippen LogP contribution in [0.4, 0.5) is 14.9 Å². The van der Waals surface area contributed by atoms with Crippen molar-refractivity contribution < 1.29 is 23.5 Å². The first-order valence-corrected chi connectivity index (χ1v) is 14.2. The van der Waals surface area contributed by atoms with Gasteiger partial charge in [0.15, 0.2) is 0 Å². The standard InChI is InChI=1S/C29H44FN5O4/c1-20-19-35(24-8-6-22(30)7-9-24)17-16-33(20)13-10-23-18-29(26(37)32-23)11-14-34(15-12-29)25(36)21(2)31-27(38)39-28(3,4)5/h6-9,20-21,23H,10-19H2,1-5H3,(H,31,38)(H,32,37)/t20-,21-,23-/m0/s1. The maximum Gasteiger partial charge on any atom is 0.408 e. The topological polar surface area (TPSA) is 94.2 Å². The third-order valence-electron chi connectivity index (χ3n) is 8.31. The molecule has 3 saturated heterocycles. The van der Waals surface area contributed by atoms with Gasteiger partial charge in [-0.1, -0.05) is 0 Å². The molecule has 3 aliphatic rings. The normalized spacial score (nSPS) is 24.4. The summed E-state index contributed by atoms with van der Waals surface area (Å²) in [7, 11) is 0. The van der Waals surface area contributed by atoms with Crippen molar-refractivity contribution in [3.05, 3.63) is 30.1 Å². The number of carbonyl (C=O) groups is 3. The molecule has 0 unspecified atom stereocenters. The van der Waals surface area contributed by atoms with E-state index in [-0.39, 0.29) is 23.7 Å². The molecule has 39 heavy (non-hydrogen) atoms. The highest BCUT2D eigenvalue weighted by atomic mass is 19.1. The maximum absolute atomic E-state index is 13.3. The molecule has 1 aromatic rings. The van der Waals surface area contributed by atoms with E-state index in [0.29, 0.717) is 32.0 Å². The van der Waals surface area contributed by atoms with Gasteiger partial charge in [0.2, 0.25) is 11.8 Å². The molecule has 3 heterocycles. The number of hydrogen-bond acceptors (Lipinski definition) is 6. The lowest BCUT2D eigenvalue weighted by Crippen LogP contribution is -2.52. The van der Waals surface area contributed by atoms with E-state index in [2.05, 4.69) is 27.4 Å². The van der Waals surface area contributed by atoms with Crippen LogP contribution in [0.1, 0.15) is 60.3 Å². The predicted molar refractivity (Wildman–Crippen MR) is 148 cm³/mol. The predicted octanol–water partition coefficient (Wildman–Crippen LogP) is 3.14. The summed E-state index contributed by atoms with van der Waals surface area (Å²) >= 11 is 0. The molecule has 0 aliphatic carbocycles. The van der Waals surface area contributed by atoms with Crippen LogP contribution >= 0.6 is 0 Å². The first-order chi connectivity index (χ1) is 18.3. The Kier molecular flexibility index (Phi) is 8.73. The number of anilines is 1. The van der Waals surface area contributed by atoms with Gasteiger partial charge in [-0.25, -0.2) is 9.18 Å². The number of amides is 3. The fourth-order valence-electron chi connectivity index (χ4n) is 6.07. The monoisotopic (exact) mass is 545 g/mol. The number of carbonyl (C=O) groups excluding carboxylic acids is 3. The molecule has 0 bridgehead atoms. The Morgan fingerprint density at radius 3 is 2.44 bits per heavy atom. The first-order valence-electron chi connectivity index (χ1n) is 14.2. The molecular weight excluding hydrogens is 501 g/mol. The summed E-state index contributed by atoms with van der Waals surface area (Å²) in [6.07, 6.45) is 2.35.